The highest BCUT2D eigenvalue weighted by Gasteiger charge is 2.21. The van der Waals surface area contributed by atoms with Gasteiger partial charge in [0.05, 0.1) is 16.1 Å². The van der Waals surface area contributed by atoms with Gasteiger partial charge in [0.25, 0.3) is 15.9 Å². The minimum Gasteiger partial charge on any atom is -0.337 e. The van der Waals surface area contributed by atoms with Crippen LogP contribution in [0.3, 0.4) is 0 Å². The van der Waals surface area contributed by atoms with Crippen molar-refractivity contribution in [2.75, 3.05) is 11.8 Å². The lowest BCUT2D eigenvalue weighted by molar-refractivity contribution is 0.0785. The molecular weight excluding hydrogens is 478 g/mol. The van der Waals surface area contributed by atoms with Gasteiger partial charge in [0, 0.05) is 23.6 Å². The molecule has 1 amide bonds. The van der Waals surface area contributed by atoms with Crippen LogP contribution in [-0.2, 0) is 16.6 Å². The number of amides is 1. The molecule has 1 N–H and O–H groups in total. The summed E-state index contributed by atoms with van der Waals surface area (Å²) in [6.45, 7) is -0.0108. The van der Waals surface area contributed by atoms with E-state index >= 15 is 0 Å². The van der Waals surface area contributed by atoms with Crippen LogP contribution in [0, 0.1) is 11.6 Å². The summed E-state index contributed by atoms with van der Waals surface area (Å²) in [6, 6.07) is 14.8. The number of carbonyl (C=O) groups excluding carboxylic acids is 1. The fourth-order valence-corrected chi connectivity index (χ4v) is 4.26. The summed E-state index contributed by atoms with van der Waals surface area (Å²) >= 11 is 3.27. The van der Waals surface area contributed by atoms with Crippen LogP contribution in [0.25, 0.3) is 0 Å². The Kier molecular flexibility index (Phi) is 6.52. The molecule has 0 aliphatic heterocycles. The van der Waals surface area contributed by atoms with Crippen molar-refractivity contribution in [2.45, 2.75) is 11.4 Å². The Morgan fingerprint density at radius 2 is 1.70 bits per heavy atom. The highest BCUT2D eigenvalue weighted by atomic mass is 79.9. The Bertz CT molecular complexity index is 1190. The van der Waals surface area contributed by atoms with Gasteiger partial charge in [-0.05, 0) is 54.6 Å². The summed E-state index contributed by atoms with van der Waals surface area (Å²) < 4.78 is 55.4. The van der Waals surface area contributed by atoms with Gasteiger partial charge in [-0.2, -0.15) is 0 Å². The maximum atomic E-state index is 14.0. The number of sulfonamides is 1. The maximum Gasteiger partial charge on any atom is 0.261 e. The molecule has 30 heavy (non-hydrogen) atoms. The fourth-order valence-electron chi connectivity index (χ4n) is 2.77. The minimum absolute atomic E-state index is 0.0108. The Hall–Kier alpha value is -2.78. The van der Waals surface area contributed by atoms with E-state index in [0.717, 1.165) is 24.3 Å². The van der Waals surface area contributed by atoms with E-state index in [1.807, 2.05) is 0 Å². The van der Waals surface area contributed by atoms with Crippen molar-refractivity contribution in [3.8, 4) is 0 Å². The molecule has 5 nitrogen and oxygen atoms in total. The van der Waals surface area contributed by atoms with E-state index in [0.29, 0.717) is 10.0 Å². The number of nitrogens with zero attached hydrogens (tertiary/aromatic N) is 1. The van der Waals surface area contributed by atoms with Crippen molar-refractivity contribution >= 4 is 37.5 Å². The summed E-state index contributed by atoms with van der Waals surface area (Å²) in [7, 11) is -2.54. The molecule has 0 atom stereocenters. The number of benzene rings is 3. The number of nitrogens with one attached hydrogen (secondary N) is 1. The van der Waals surface area contributed by atoms with Crippen LogP contribution >= 0.6 is 15.9 Å². The van der Waals surface area contributed by atoms with E-state index in [4.69, 9.17) is 0 Å². The standard InChI is InChI=1S/C21H17BrF2N2O3S/c1-26(13-14-12-15(22)6-11-19(14)24)21(27)18-4-2-3-5-20(18)25-30(28,29)17-9-7-16(23)8-10-17/h2-12,25H,13H2,1H3. The van der Waals surface area contributed by atoms with E-state index in [1.54, 1.807) is 24.3 Å². The Labute approximate surface area is 181 Å². The molecule has 0 saturated carbocycles. The minimum atomic E-state index is -4.04. The normalized spacial score (nSPS) is 11.2. The molecule has 0 saturated heterocycles. The van der Waals surface area contributed by atoms with Crippen molar-refractivity contribution in [3.05, 3.63) is 94.0 Å². The Balaban J connectivity index is 1.86. The third-order valence-corrected chi connectivity index (χ3v) is 6.16. The molecule has 0 fully saturated rings. The van der Waals surface area contributed by atoms with Crippen LogP contribution in [0.1, 0.15) is 15.9 Å². The highest BCUT2D eigenvalue weighted by molar-refractivity contribution is 9.10. The summed E-state index contributed by atoms with van der Waals surface area (Å²) in [6.07, 6.45) is 0. The first-order chi connectivity index (χ1) is 14.2. The van der Waals surface area contributed by atoms with Gasteiger partial charge < -0.3 is 4.90 Å². The van der Waals surface area contributed by atoms with E-state index in [-0.39, 0.29) is 22.7 Å². The Morgan fingerprint density at radius 1 is 1.03 bits per heavy atom. The van der Waals surface area contributed by atoms with Crippen LogP contribution in [0.15, 0.2) is 76.1 Å². The molecule has 0 unspecified atom stereocenters. The molecule has 9 heteroatoms. The third kappa shape index (κ3) is 5.03. The van der Waals surface area contributed by atoms with Crippen molar-refractivity contribution < 1.29 is 22.0 Å². The molecule has 3 aromatic rings. The summed E-state index contributed by atoms with van der Waals surface area (Å²) in [5, 5.41) is 0. The van der Waals surface area contributed by atoms with Gasteiger partial charge in [0.1, 0.15) is 11.6 Å². The molecule has 0 aliphatic rings. The molecule has 3 rings (SSSR count). The van der Waals surface area contributed by atoms with Crippen LogP contribution in [0.5, 0.6) is 0 Å². The predicted molar refractivity (Wildman–Crippen MR) is 114 cm³/mol. The van der Waals surface area contributed by atoms with Crippen LogP contribution in [0.4, 0.5) is 14.5 Å². The molecule has 0 radical (unpaired) electrons. The largest absolute Gasteiger partial charge is 0.337 e. The lowest BCUT2D eigenvalue weighted by Crippen LogP contribution is -2.28. The summed E-state index contributed by atoms with van der Waals surface area (Å²) in [4.78, 5) is 14.1. The molecule has 156 valence electrons. The lowest BCUT2D eigenvalue weighted by Gasteiger charge is -2.20. The molecular formula is C21H17BrF2N2O3S. The molecule has 0 aromatic heterocycles. The number of para-hydroxylation sites is 1. The van der Waals surface area contributed by atoms with Gasteiger partial charge in [-0.1, -0.05) is 28.1 Å². The Morgan fingerprint density at radius 3 is 2.40 bits per heavy atom. The van der Waals surface area contributed by atoms with Crippen molar-refractivity contribution in [1.29, 1.82) is 0 Å². The smallest absolute Gasteiger partial charge is 0.261 e. The van der Waals surface area contributed by atoms with Gasteiger partial charge >= 0.3 is 0 Å². The van der Waals surface area contributed by atoms with Gasteiger partial charge in [-0.25, -0.2) is 17.2 Å². The predicted octanol–water partition coefficient (Wildman–Crippen LogP) is 4.80. The monoisotopic (exact) mass is 494 g/mol. The number of carbonyl (C=O) groups is 1. The first kappa shape index (κ1) is 21.9. The number of rotatable bonds is 6. The van der Waals surface area contributed by atoms with Crippen molar-refractivity contribution in [2.24, 2.45) is 0 Å². The van der Waals surface area contributed by atoms with Crippen molar-refractivity contribution in [1.82, 2.24) is 4.90 Å². The fraction of sp³-hybridized carbons (Fsp3) is 0.0952. The van der Waals surface area contributed by atoms with E-state index in [1.165, 1.54) is 30.1 Å². The zero-order valence-electron chi connectivity index (χ0n) is 15.8. The van der Waals surface area contributed by atoms with Crippen LogP contribution in [0.2, 0.25) is 0 Å². The summed E-state index contributed by atoms with van der Waals surface area (Å²) in [5.41, 5.74) is 0.471. The second-order valence-corrected chi connectivity index (χ2v) is 9.10. The second kappa shape index (κ2) is 8.93. The zero-order chi connectivity index (χ0) is 21.9. The van der Waals surface area contributed by atoms with E-state index in [9.17, 15) is 22.0 Å². The lowest BCUT2D eigenvalue weighted by atomic mass is 10.1. The van der Waals surface area contributed by atoms with Crippen molar-refractivity contribution in [3.63, 3.8) is 0 Å². The van der Waals surface area contributed by atoms with Gasteiger partial charge in [-0.15, -0.1) is 0 Å². The number of anilines is 1. The maximum absolute atomic E-state index is 14.0. The van der Waals surface area contributed by atoms with Crippen LogP contribution < -0.4 is 4.72 Å². The number of hydrogen-bond acceptors (Lipinski definition) is 3. The van der Waals surface area contributed by atoms with E-state index < -0.39 is 27.6 Å². The number of halogens is 3. The van der Waals surface area contributed by atoms with Gasteiger partial charge in [-0.3, -0.25) is 9.52 Å². The molecule has 0 heterocycles. The first-order valence-electron chi connectivity index (χ1n) is 8.74. The second-order valence-electron chi connectivity index (χ2n) is 6.50. The van der Waals surface area contributed by atoms with Gasteiger partial charge in [0.2, 0.25) is 0 Å². The van der Waals surface area contributed by atoms with E-state index in [2.05, 4.69) is 20.7 Å². The summed E-state index contributed by atoms with van der Waals surface area (Å²) in [5.74, 6) is -1.51. The van der Waals surface area contributed by atoms with Gasteiger partial charge in [0.15, 0.2) is 0 Å². The highest BCUT2D eigenvalue weighted by Crippen LogP contribution is 2.23. The molecule has 0 aliphatic carbocycles. The molecule has 0 spiro atoms. The average Bonchev–Trinajstić information content (AvgIpc) is 2.70. The SMILES string of the molecule is CN(Cc1cc(Br)ccc1F)C(=O)c1ccccc1NS(=O)(=O)c1ccc(F)cc1. The molecule has 0 bridgehead atoms. The number of hydrogen-bond donors (Lipinski definition) is 1. The van der Waals surface area contributed by atoms with Crippen LogP contribution in [-0.4, -0.2) is 26.3 Å². The first-order valence-corrected chi connectivity index (χ1v) is 11.0. The topological polar surface area (TPSA) is 66.5 Å². The quantitative estimate of drug-likeness (QED) is 0.535. The average molecular weight is 495 g/mol. The zero-order valence-corrected chi connectivity index (χ0v) is 18.2. The third-order valence-electron chi connectivity index (χ3n) is 4.29. The molecule has 3 aromatic carbocycles.